The van der Waals surface area contributed by atoms with Gasteiger partial charge in [0.2, 0.25) is 0 Å². The number of likely N-dealkylation sites (tertiary alicyclic amines) is 1. The Morgan fingerprint density at radius 1 is 1.25 bits per heavy atom. The molecule has 0 bridgehead atoms. The van der Waals surface area contributed by atoms with E-state index in [-0.39, 0.29) is 17.6 Å². The van der Waals surface area contributed by atoms with E-state index in [1.807, 2.05) is 13.0 Å². The van der Waals surface area contributed by atoms with Crippen LogP contribution < -0.4 is 11.3 Å². The molecule has 0 spiro atoms. The fraction of sp³-hybridized carbons (Fsp3) is 0.542. The molecule has 3 N–H and O–H groups in total. The van der Waals surface area contributed by atoms with Crippen molar-refractivity contribution in [1.82, 2.24) is 19.4 Å². The number of fused-ring (bicyclic) bond motifs is 1. The molecule has 2 aromatic rings. The molecule has 3 heterocycles. The Hall–Kier alpha value is -2.71. The van der Waals surface area contributed by atoms with E-state index in [0.29, 0.717) is 25.2 Å². The number of urea groups is 1. The molecule has 3 atom stereocenters. The summed E-state index contributed by atoms with van der Waals surface area (Å²) in [4.78, 5) is 33.2. The smallest absolute Gasteiger partial charge is 0.315 e. The Morgan fingerprint density at radius 2 is 2.00 bits per heavy atom. The number of carbonyl (C=O) groups is 1. The van der Waals surface area contributed by atoms with Crippen molar-refractivity contribution in [2.75, 3.05) is 19.6 Å². The average molecular weight is 440 g/mol. The number of β-amino-alcohol motifs (C(OH)–C–C–N with tert-alkyl or cyclic N) is 1. The van der Waals surface area contributed by atoms with Gasteiger partial charge in [-0.1, -0.05) is 24.3 Å². The number of nitrogens with two attached hydrogens (primary N) is 1. The predicted molar refractivity (Wildman–Crippen MR) is 122 cm³/mol. The largest absolute Gasteiger partial charge is 0.392 e. The maximum atomic E-state index is 12.9. The van der Waals surface area contributed by atoms with E-state index in [9.17, 15) is 14.7 Å². The number of hydrogen-bond acceptors (Lipinski definition) is 5. The maximum Gasteiger partial charge on any atom is 0.315 e. The number of amides is 2. The minimum Gasteiger partial charge on any atom is -0.392 e. The van der Waals surface area contributed by atoms with E-state index in [1.165, 1.54) is 11.1 Å². The average Bonchev–Trinajstić information content (AvgIpc) is 2.76. The molecule has 2 amide bonds. The topological polar surface area (TPSA) is 105 Å². The van der Waals surface area contributed by atoms with Crippen molar-refractivity contribution in [2.45, 2.75) is 64.3 Å². The van der Waals surface area contributed by atoms with Gasteiger partial charge < -0.3 is 20.3 Å². The summed E-state index contributed by atoms with van der Waals surface area (Å²) in [6.07, 6.45) is 3.97. The van der Waals surface area contributed by atoms with Gasteiger partial charge in [-0.3, -0.25) is 14.7 Å². The van der Waals surface area contributed by atoms with Gasteiger partial charge in [0.1, 0.15) is 5.69 Å². The van der Waals surface area contributed by atoms with E-state index in [2.05, 4.69) is 28.1 Å². The molecule has 8 heteroatoms. The Kier molecular flexibility index (Phi) is 6.62. The fourth-order valence-electron chi connectivity index (χ4n) is 5.31. The quantitative estimate of drug-likeness (QED) is 0.739. The predicted octanol–water partition coefficient (Wildman–Crippen LogP) is 1.75. The van der Waals surface area contributed by atoms with Crippen LogP contribution in [0.3, 0.4) is 0 Å². The number of piperidine rings is 1. The lowest BCUT2D eigenvalue weighted by Crippen LogP contribution is -2.54. The van der Waals surface area contributed by atoms with Gasteiger partial charge in [-0.05, 0) is 50.7 Å². The van der Waals surface area contributed by atoms with Crippen molar-refractivity contribution in [2.24, 2.45) is 5.73 Å². The second-order valence-electron chi connectivity index (χ2n) is 9.13. The summed E-state index contributed by atoms with van der Waals surface area (Å²) < 4.78 is 1.70. The maximum absolute atomic E-state index is 12.9. The molecule has 1 fully saturated rings. The van der Waals surface area contributed by atoms with E-state index in [4.69, 9.17) is 5.73 Å². The van der Waals surface area contributed by atoms with Crippen LogP contribution in [-0.4, -0.2) is 62.3 Å². The molecular formula is C24H33N5O3. The Labute approximate surface area is 188 Å². The van der Waals surface area contributed by atoms with Crippen LogP contribution >= 0.6 is 0 Å². The summed E-state index contributed by atoms with van der Waals surface area (Å²) in [7, 11) is 0. The molecule has 1 saturated heterocycles. The number of aryl methyl sites for hydroxylation is 2. The van der Waals surface area contributed by atoms with Crippen LogP contribution in [0, 0.1) is 13.8 Å². The van der Waals surface area contributed by atoms with Gasteiger partial charge in [0, 0.05) is 32.4 Å². The molecule has 2 aliphatic heterocycles. The van der Waals surface area contributed by atoms with E-state index < -0.39 is 12.1 Å². The minimum absolute atomic E-state index is 0.154. The third-order valence-corrected chi connectivity index (χ3v) is 6.79. The number of benzene rings is 1. The van der Waals surface area contributed by atoms with E-state index in [0.717, 1.165) is 38.0 Å². The third-order valence-electron chi connectivity index (χ3n) is 6.79. The molecule has 172 valence electrons. The number of primary amides is 1. The number of carbonyl (C=O) groups excluding carboxylic acids is 1. The van der Waals surface area contributed by atoms with E-state index in [1.54, 1.807) is 22.6 Å². The van der Waals surface area contributed by atoms with Gasteiger partial charge in [0.15, 0.2) is 0 Å². The van der Waals surface area contributed by atoms with Crippen molar-refractivity contribution in [3.05, 3.63) is 63.3 Å². The Bertz CT molecular complexity index is 1040. The lowest BCUT2D eigenvalue weighted by molar-refractivity contribution is 0.0454. The van der Waals surface area contributed by atoms with Gasteiger partial charge in [-0.25, -0.2) is 4.79 Å². The minimum atomic E-state index is -0.632. The highest BCUT2D eigenvalue weighted by molar-refractivity contribution is 5.72. The second-order valence-corrected chi connectivity index (χ2v) is 9.13. The molecule has 8 nitrogen and oxygen atoms in total. The van der Waals surface area contributed by atoms with Crippen molar-refractivity contribution in [3.63, 3.8) is 0 Å². The summed E-state index contributed by atoms with van der Waals surface area (Å²) in [6, 6.07) is 7.33. The van der Waals surface area contributed by atoms with Crippen LogP contribution in [0.2, 0.25) is 0 Å². The van der Waals surface area contributed by atoms with Gasteiger partial charge in [0.05, 0.1) is 23.9 Å². The van der Waals surface area contributed by atoms with Crippen molar-refractivity contribution < 1.29 is 9.90 Å². The summed E-state index contributed by atoms with van der Waals surface area (Å²) >= 11 is 0. The SMILES string of the molecule is Cc1cn(C2CCCN(C(N)=O)C2C[C@H](O)CN2CCc3ccccc3C2)c(=O)c(C)n1. The first-order valence-electron chi connectivity index (χ1n) is 11.4. The molecule has 4 rings (SSSR count). The number of aromatic nitrogens is 2. The van der Waals surface area contributed by atoms with Crippen LogP contribution in [0.25, 0.3) is 0 Å². The molecule has 1 aromatic heterocycles. The third kappa shape index (κ3) is 4.71. The number of aliphatic hydroxyl groups excluding tert-OH is 1. The zero-order valence-electron chi connectivity index (χ0n) is 18.9. The number of hydrogen-bond donors (Lipinski definition) is 2. The Morgan fingerprint density at radius 3 is 2.75 bits per heavy atom. The normalized spacial score (nSPS) is 22.4. The lowest BCUT2D eigenvalue weighted by atomic mass is 9.91. The molecule has 0 saturated carbocycles. The monoisotopic (exact) mass is 439 g/mol. The van der Waals surface area contributed by atoms with Crippen LogP contribution in [0.1, 0.15) is 47.8 Å². The number of aliphatic hydroxyl groups is 1. The fourth-order valence-corrected chi connectivity index (χ4v) is 5.31. The van der Waals surface area contributed by atoms with Crippen molar-refractivity contribution >= 4 is 6.03 Å². The zero-order valence-corrected chi connectivity index (χ0v) is 18.9. The molecule has 2 aliphatic rings. The Balaban J connectivity index is 1.53. The van der Waals surface area contributed by atoms with Crippen LogP contribution in [0.5, 0.6) is 0 Å². The first-order valence-corrected chi connectivity index (χ1v) is 11.4. The summed E-state index contributed by atoms with van der Waals surface area (Å²) in [5, 5.41) is 11.0. The molecule has 1 aromatic carbocycles. The first kappa shape index (κ1) is 22.5. The summed E-state index contributed by atoms with van der Waals surface area (Å²) in [6.45, 7) is 6.33. The summed E-state index contributed by atoms with van der Waals surface area (Å²) in [5.74, 6) is 0. The number of rotatable bonds is 5. The highest BCUT2D eigenvalue weighted by Crippen LogP contribution is 2.31. The van der Waals surface area contributed by atoms with Gasteiger partial charge in [0.25, 0.3) is 5.56 Å². The molecule has 0 aliphatic carbocycles. The first-order chi connectivity index (χ1) is 15.3. The van der Waals surface area contributed by atoms with Gasteiger partial charge in [-0.15, -0.1) is 0 Å². The second kappa shape index (κ2) is 9.42. The van der Waals surface area contributed by atoms with Gasteiger partial charge >= 0.3 is 6.03 Å². The standard InChI is InChI=1S/C24H33N5O3/c1-16-13-29(23(31)17(2)26-16)21-8-5-10-28(24(25)32)22(21)12-20(30)15-27-11-9-18-6-3-4-7-19(18)14-27/h3-4,6-7,13,20-22,30H,5,8-12,14-15H2,1-2H3,(H2,25,32)/t20-,21?,22?/m0/s1. The number of nitrogens with zero attached hydrogens (tertiary/aromatic N) is 4. The van der Waals surface area contributed by atoms with Crippen molar-refractivity contribution in [3.8, 4) is 0 Å². The van der Waals surface area contributed by atoms with E-state index >= 15 is 0 Å². The van der Waals surface area contributed by atoms with Crippen LogP contribution in [0.4, 0.5) is 4.79 Å². The van der Waals surface area contributed by atoms with Gasteiger partial charge in [-0.2, -0.15) is 0 Å². The molecule has 2 unspecified atom stereocenters. The molecule has 32 heavy (non-hydrogen) atoms. The highest BCUT2D eigenvalue weighted by Gasteiger charge is 2.37. The van der Waals surface area contributed by atoms with Crippen LogP contribution in [-0.2, 0) is 13.0 Å². The lowest BCUT2D eigenvalue weighted by Gasteiger charge is -2.42. The van der Waals surface area contributed by atoms with Crippen LogP contribution in [0.15, 0.2) is 35.3 Å². The molecular weight excluding hydrogens is 406 g/mol. The zero-order chi connectivity index (χ0) is 22.8. The van der Waals surface area contributed by atoms with Crippen molar-refractivity contribution in [1.29, 1.82) is 0 Å². The summed E-state index contributed by atoms with van der Waals surface area (Å²) in [5.41, 5.74) is 9.41. The highest BCUT2D eigenvalue weighted by atomic mass is 16.3. The molecule has 0 radical (unpaired) electrons.